The molecule has 14 nitrogen and oxygen atoms in total. The van der Waals surface area contributed by atoms with Crippen molar-refractivity contribution in [2.24, 2.45) is 0 Å². The molecule has 0 fully saturated rings. The second-order valence-electron chi connectivity index (χ2n) is 7.22. The Balaban J connectivity index is 2.57. The second-order valence-corrected chi connectivity index (χ2v) is 7.22. The molecule has 0 bridgehead atoms. The number of rotatable bonds is 12. The smallest absolute Gasteiger partial charge is 0.314 e. The maximum Gasteiger partial charge on any atom is 0.314 e. The highest BCUT2D eigenvalue weighted by molar-refractivity contribution is 5.88. The molecule has 2 rings (SSSR count). The molecule has 0 aromatic heterocycles. The summed E-state index contributed by atoms with van der Waals surface area (Å²) in [5.41, 5.74) is -4.46. The summed E-state index contributed by atoms with van der Waals surface area (Å²) in [4.78, 5) is 52.6. The van der Waals surface area contributed by atoms with Crippen molar-refractivity contribution in [1.29, 1.82) is 0 Å². The topological polar surface area (TPSA) is 194 Å². The van der Waals surface area contributed by atoms with E-state index in [2.05, 4.69) is 9.68 Å². The summed E-state index contributed by atoms with van der Waals surface area (Å²) in [6.07, 6.45) is -0.897. The lowest BCUT2D eigenvalue weighted by atomic mass is 9.72. The molecule has 0 heterocycles. The number of nitro groups is 1. The van der Waals surface area contributed by atoms with Gasteiger partial charge in [0, 0.05) is 11.3 Å². The average molecular weight is 453 g/mol. The Bertz CT molecular complexity index is 1040. The Morgan fingerprint density at radius 3 is 1.97 bits per heavy atom. The Morgan fingerprint density at radius 2 is 1.50 bits per heavy atom. The van der Waals surface area contributed by atoms with E-state index >= 15 is 0 Å². The zero-order valence-corrected chi connectivity index (χ0v) is 17.0. The molecule has 14 heteroatoms. The van der Waals surface area contributed by atoms with E-state index in [0.717, 1.165) is 0 Å². The summed E-state index contributed by atoms with van der Waals surface area (Å²) in [6.45, 7) is -1.33. The van der Waals surface area contributed by atoms with Crippen molar-refractivity contribution in [3.05, 3.63) is 72.3 Å². The van der Waals surface area contributed by atoms with Crippen LogP contribution >= 0.6 is 0 Å². The van der Waals surface area contributed by atoms with Gasteiger partial charge in [-0.15, -0.1) is 20.2 Å². The van der Waals surface area contributed by atoms with E-state index < -0.39 is 51.7 Å². The van der Waals surface area contributed by atoms with Gasteiger partial charge >= 0.3 is 5.97 Å². The van der Waals surface area contributed by atoms with Gasteiger partial charge in [-0.25, -0.2) is 0 Å². The third-order valence-corrected chi connectivity index (χ3v) is 5.10. The van der Waals surface area contributed by atoms with E-state index in [0.29, 0.717) is 16.5 Å². The van der Waals surface area contributed by atoms with Crippen molar-refractivity contribution in [2.75, 3.05) is 20.3 Å². The van der Waals surface area contributed by atoms with E-state index in [1.54, 1.807) is 24.3 Å². The summed E-state index contributed by atoms with van der Waals surface area (Å²) in [6, 6.07) is 9.52. The van der Waals surface area contributed by atoms with Crippen LogP contribution in [0.15, 0.2) is 36.4 Å². The van der Waals surface area contributed by atoms with E-state index in [4.69, 9.17) is 4.74 Å². The lowest BCUT2D eigenvalue weighted by Gasteiger charge is -2.33. The number of methoxy groups -OCH3 is 1. The second kappa shape index (κ2) is 9.28. The van der Waals surface area contributed by atoms with Crippen molar-refractivity contribution < 1.29 is 39.4 Å². The minimum atomic E-state index is -2.61. The minimum Gasteiger partial charge on any atom is -0.497 e. The molecule has 2 aromatic rings. The monoisotopic (exact) mass is 453 g/mol. The summed E-state index contributed by atoms with van der Waals surface area (Å²) in [7, 11) is 1.48. The summed E-state index contributed by atoms with van der Waals surface area (Å²) in [5, 5.41) is 41.8. The van der Waals surface area contributed by atoms with Gasteiger partial charge in [0.05, 0.1) is 12.5 Å². The third-order valence-electron chi connectivity index (χ3n) is 5.10. The van der Waals surface area contributed by atoms with Crippen LogP contribution in [-0.4, -0.2) is 52.0 Å². The molecular weight excluding hydrogens is 434 g/mol. The number of hydrogen-bond donors (Lipinski definition) is 1. The number of fused-ring (bicyclic) bond motifs is 1. The van der Waals surface area contributed by atoms with Crippen LogP contribution in [0.25, 0.3) is 10.8 Å². The number of carboxylic acid groups (broad SMARTS) is 1. The lowest BCUT2D eigenvalue weighted by Crippen LogP contribution is -2.54. The van der Waals surface area contributed by atoms with E-state index in [1.807, 2.05) is 0 Å². The molecule has 32 heavy (non-hydrogen) atoms. The fourth-order valence-electron chi connectivity index (χ4n) is 3.31. The molecule has 0 aliphatic rings. The highest BCUT2D eigenvalue weighted by Crippen LogP contribution is 2.37. The molecule has 0 saturated carbocycles. The van der Waals surface area contributed by atoms with Gasteiger partial charge in [0.15, 0.2) is 13.2 Å². The van der Waals surface area contributed by atoms with Crippen LogP contribution in [0.3, 0.4) is 0 Å². The summed E-state index contributed by atoms with van der Waals surface area (Å²) < 4.78 is 5.14. The van der Waals surface area contributed by atoms with Crippen molar-refractivity contribution in [3.8, 4) is 5.75 Å². The quantitative estimate of drug-likeness (QED) is 0.365. The summed E-state index contributed by atoms with van der Waals surface area (Å²) >= 11 is 0. The van der Waals surface area contributed by atoms with Crippen molar-refractivity contribution in [1.82, 2.24) is 0 Å². The van der Waals surface area contributed by atoms with Crippen LogP contribution in [-0.2, 0) is 19.9 Å². The zero-order valence-electron chi connectivity index (χ0n) is 17.0. The van der Waals surface area contributed by atoms with Gasteiger partial charge in [-0.05, 0) is 35.4 Å². The first-order valence-corrected chi connectivity index (χ1v) is 8.94. The minimum absolute atomic E-state index is 0.135. The average Bonchev–Trinajstić information content (AvgIpc) is 2.74. The van der Waals surface area contributed by atoms with Crippen molar-refractivity contribution in [2.45, 2.75) is 24.3 Å². The first-order valence-electron chi connectivity index (χ1n) is 8.94. The molecule has 0 unspecified atom stereocenters. The van der Waals surface area contributed by atoms with E-state index in [9.17, 15) is 40.2 Å². The van der Waals surface area contributed by atoms with Gasteiger partial charge in [-0.2, -0.15) is 0 Å². The number of nitrogens with zero attached hydrogens (tertiary/aromatic N) is 3. The zero-order chi connectivity index (χ0) is 24.1. The Labute approximate surface area is 179 Å². The predicted molar refractivity (Wildman–Crippen MR) is 106 cm³/mol. The SMILES string of the molecule is COc1ccc2cc([C@](C)(CC(CO[N+](=O)[O-])(CO[N+](=O)[O-])[N+](=O)[O-])C(=O)O)ccc2c1. The fraction of sp³-hybridized carbons (Fsp3) is 0.389. The number of aliphatic carboxylic acids is 1. The van der Waals surface area contributed by atoms with Gasteiger partial charge < -0.3 is 19.5 Å². The molecule has 0 spiro atoms. The number of benzene rings is 2. The predicted octanol–water partition coefficient (Wildman–Crippen LogP) is 2.01. The summed E-state index contributed by atoms with van der Waals surface area (Å²) in [5.74, 6) is -0.925. The van der Waals surface area contributed by atoms with E-state index in [1.165, 1.54) is 26.2 Å². The van der Waals surface area contributed by atoms with Crippen LogP contribution in [0, 0.1) is 30.3 Å². The van der Waals surface area contributed by atoms with Gasteiger partial charge in [-0.3, -0.25) is 14.9 Å². The fourth-order valence-corrected chi connectivity index (χ4v) is 3.31. The molecule has 0 aliphatic carbocycles. The number of hydrogen-bond acceptors (Lipinski definition) is 10. The molecular formula is C18H19N3O11. The molecule has 0 saturated heterocycles. The lowest BCUT2D eigenvalue weighted by molar-refractivity contribution is -0.788. The van der Waals surface area contributed by atoms with Crippen molar-refractivity contribution >= 4 is 16.7 Å². The third kappa shape index (κ3) is 5.08. The number of carboxylic acids is 1. The van der Waals surface area contributed by atoms with Crippen LogP contribution in [0.4, 0.5) is 0 Å². The molecule has 2 aromatic carbocycles. The largest absolute Gasteiger partial charge is 0.497 e. The van der Waals surface area contributed by atoms with Crippen molar-refractivity contribution in [3.63, 3.8) is 0 Å². The van der Waals surface area contributed by atoms with Gasteiger partial charge in [-0.1, -0.05) is 24.3 Å². The van der Waals surface area contributed by atoms with Gasteiger partial charge in [0.1, 0.15) is 5.75 Å². The Kier molecular flexibility index (Phi) is 6.97. The molecule has 1 N–H and O–H groups in total. The van der Waals surface area contributed by atoms with Crippen LogP contribution in [0.1, 0.15) is 18.9 Å². The van der Waals surface area contributed by atoms with Gasteiger partial charge in [0.25, 0.3) is 15.7 Å². The molecule has 0 aliphatic heterocycles. The van der Waals surface area contributed by atoms with E-state index in [-0.39, 0.29) is 5.56 Å². The first-order chi connectivity index (χ1) is 14.9. The highest BCUT2D eigenvalue weighted by Gasteiger charge is 2.54. The Morgan fingerprint density at radius 1 is 0.969 bits per heavy atom. The maximum atomic E-state index is 12.2. The number of ether oxygens (including phenoxy) is 1. The highest BCUT2D eigenvalue weighted by atomic mass is 17.0. The van der Waals surface area contributed by atoms with Gasteiger partial charge in [0.2, 0.25) is 0 Å². The molecule has 0 amide bonds. The number of carbonyl (C=O) groups is 1. The molecule has 0 radical (unpaired) electrons. The first kappa shape index (κ1) is 24.0. The van der Waals surface area contributed by atoms with Crippen LogP contribution < -0.4 is 4.74 Å². The standard InChI is InChI=1S/C18H19N3O11/c1-17(16(22)23,14-5-3-13-8-15(30-2)6-4-12(13)7-14)9-18(19(24)25,10-31-20(26)27)11-32-21(28)29/h3-8H,9-11H2,1-2H3,(H,22,23)/t17-/m0/s1. The maximum absolute atomic E-state index is 12.2. The molecule has 1 atom stereocenters. The van der Waals surface area contributed by atoms with Crippen LogP contribution in [0.5, 0.6) is 5.75 Å². The normalized spacial score (nSPS) is 13.1. The van der Waals surface area contributed by atoms with Crippen LogP contribution in [0.2, 0.25) is 0 Å². The Hall–Kier alpha value is -4.23. The molecule has 172 valence electrons.